The first kappa shape index (κ1) is 20.9. The molecule has 2 fully saturated rings. The fraction of sp³-hybridized carbons (Fsp3) is 0.444. The quantitative estimate of drug-likeness (QED) is 0.553. The summed E-state index contributed by atoms with van der Waals surface area (Å²) < 4.78 is 0. The van der Waals surface area contributed by atoms with E-state index in [0.717, 1.165) is 73.0 Å². The molecule has 32 heavy (non-hydrogen) atoms. The first-order valence-electron chi connectivity index (χ1n) is 12.1. The van der Waals surface area contributed by atoms with Crippen molar-refractivity contribution in [2.24, 2.45) is 5.92 Å². The summed E-state index contributed by atoms with van der Waals surface area (Å²) in [4.78, 5) is 27.3. The summed E-state index contributed by atoms with van der Waals surface area (Å²) in [7, 11) is 0. The van der Waals surface area contributed by atoms with Gasteiger partial charge >= 0.3 is 0 Å². The average Bonchev–Trinajstić information content (AvgIpc) is 3.25. The average molecular weight is 429 g/mol. The second-order valence-electron chi connectivity index (χ2n) is 9.16. The third kappa shape index (κ3) is 4.62. The topological polar surface area (TPSA) is 49.3 Å². The lowest BCUT2D eigenvalue weighted by atomic mass is 10.0. The molecule has 5 rings (SSSR count). The molecule has 0 atom stereocenters. The van der Waals surface area contributed by atoms with Crippen LogP contribution in [0.4, 0.5) is 5.82 Å². The molecule has 0 bridgehead atoms. The van der Waals surface area contributed by atoms with Gasteiger partial charge in [-0.1, -0.05) is 68.1 Å². The van der Waals surface area contributed by atoms with Crippen molar-refractivity contribution in [1.82, 2.24) is 14.9 Å². The van der Waals surface area contributed by atoms with E-state index in [1.165, 1.54) is 25.7 Å². The molecule has 5 heteroatoms. The van der Waals surface area contributed by atoms with E-state index in [2.05, 4.69) is 21.9 Å². The minimum absolute atomic E-state index is 0.326. The van der Waals surface area contributed by atoms with E-state index in [9.17, 15) is 4.79 Å². The lowest BCUT2D eigenvalue weighted by molar-refractivity contribution is -0.131. The van der Waals surface area contributed by atoms with Crippen LogP contribution >= 0.6 is 0 Å². The molecule has 2 aromatic carbocycles. The molecule has 166 valence electrons. The summed E-state index contributed by atoms with van der Waals surface area (Å²) in [6, 6.07) is 18.4. The van der Waals surface area contributed by atoms with E-state index in [1.807, 2.05) is 42.5 Å². The zero-order chi connectivity index (χ0) is 21.8. The number of hydrogen-bond donors (Lipinski definition) is 0. The van der Waals surface area contributed by atoms with Crippen LogP contribution in [0.15, 0.2) is 54.6 Å². The van der Waals surface area contributed by atoms with Gasteiger partial charge in [-0.3, -0.25) is 4.79 Å². The highest BCUT2D eigenvalue weighted by atomic mass is 16.2. The lowest BCUT2D eigenvalue weighted by Crippen LogP contribution is -2.35. The molecular formula is C27H32N4O. The van der Waals surface area contributed by atoms with Crippen molar-refractivity contribution < 1.29 is 4.79 Å². The molecule has 3 aromatic rings. The molecule has 1 aliphatic carbocycles. The first-order chi connectivity index (χ1) is 15.8. The highest BCUT2D eigenvalue weighted by Gasteiger charge is 2.24. The van der Waals surface area contributed by atoms with E-state index in [0.29, 0.717) is 12.3 Å². The Kier molecular flexibility index (Phi) is 6.33. The van der Waals surface area contributed by atoms with Crippen molar-refractivity contribution in [2.45, 2.75) is 44.9 Å². The number of fused-ring (bicyclic) bond motifs is 1. The Morgan fingerprint density at radius 3 is 2.31 bits per heavy atom. The van der Waals surface area contributed by atoms with Crippen molar-refractivity contribution in [3.05, 3.63) is 54.6 Å². The lowest BCUT2D eigenvalue weighted by Gasteiger charge is -2.25. The maximum Gasteiger partial charge on any atom is 0.222 e. The van der Waals surface area contributed by atoms with Crippen LogP contribution in [0.2, 0.25) is 0 Å². The molecule has 1 aromatic heterocycles. The van der Waals surface area contributed by atoms with Crippen molar-refractivity contribution >= 4 is 22.8 Å². The molecular weight excluding hydrogens is 396 g/mol. The summed E-state index contributed by atoms with van der Waals surface area (Å²) in [5.74, 6) is 2.02. The number of amides is 1. The van der Waals surface area contributed by atoms with Crippen LogP contribution in [0.3, 0.4) is 0 Å². The number of hydrogen-bond acceptors (Lipinski definition) is 4. The third-order valence-corrected chi connectivity index (χ3v) is 6.99. The number of nitrogens with zero attached hydrogens (tertiary/aromatic N) is 4. The summed E-state index contributed by atoms with van der Waals surface area (Å²) in [5.41, 5.74) is 3.82. The fourth-order valence-electron chi connectivity index (χ4n) is 5.16. The summed E-state index contributed by atoms with van der Waals surface area (Å²) in [5, 5.41) is 0. The van der Waals surface area contributed by atoms with Crippen molar-refractivity contribution in [1.29, 1.82) is 0 Å². The second-order valence-corrected chi connectivity index (χ2v) is 9.16. The number of aromatic nitrogens is 2. The van der Waals surface area contributed by atoms with Gasteiger partial charge in [0, 0.05) is 38.2 Å². The van der Waals surface area contributed by atoms with Gasteiger partial charge in [0.25, 0.3) is 0 Å². The summed E-state index contributed by atoms with van der Waals surface area (Å²) >= 11 is 0. The Balaban J connectivity index is 1.35. The van der Waals surface area contributed by atoms with Crippen molar-refractivity contribution in [3.63, 3.8) is 0 Å². The highest BCUT2D eigenvalue weighted by molar-refractivity contribution is 5.83. The number of carbonyl (C=O) groups is 1. The molecule has 0 unspecified atom stereocenters. The maximum atomic E-state index is 12.9. The minimum Gasteiger partial charge on any atom is -0.353 e. The second kappa shape index (κ2) is 9.68. The van der Waals surface area contributed by atoms with Gasteiger partial charge in [0.05, 0.1) is 11.0 Å². The molecule has 1 saturated heterocycles. The van der Waals surface area contributed by atoms with E-state index in [4.69, 9.17) is 9.97 Å². The van der Waals surface area contributed by atoms with Crippen molar-refractivity contribution in [2.75, 3.05) is 31.1 Å². The number of para-hydroxylation sites is 2. The van der Waals surface area contributed by atoms with Crippen LogP contribution in [0.1, 0.15) is 44.9 Å². The van der Waals surface area contributed by atoms with Crippen molar-refractivity contribution in [3.8, 4) is 11.3 Å². The molecule has 1 aliphatic heterocycles. The predicted molar refractivity (Wildman–Crippen MR) is 130 cm³/mol. The maximum absolute atomic E-state index is 12.9. The van der Waals surface area contributed by atoms with Crippen LogP contribution in [-0.2, 0) is 4.79 Å². The molecule has 2 heterocycles. The minimum atomic E-state index is 0.326. The highest BCUT2D eigenvalue weighted by Crippen LogP contribution is 2.31. The van der Waals surface area contributed by atoms with Crippen LogP contribution in [0.25, 0.3) is 22.3 Å². The Bertz CT molecular complexity index is 1060. The van der Waals surface area contributed by atoms with Crippen LogP contribution in [0, 0.1) is 5.92 Å². The number of anilines is 1. The van der Waals surface area contributed by atoms with E-state index < -0.39 is 0 Å². The smallest absolute Gasteiger partial charge is 0.222 e. The molecule has 0 N–H and O–H groups in total. The van der Waals surface area contributed by atoms with Gasteiger partial charge in [-0.05, 0) is 30.9 Å². The molecule has 1 amide bonds. The van der Waals surface area contributed by atoms with Gasteiger partial charge in [-0.2, -0.15) is 0 Å². The van der Waals surface area contributed by atoms with Gasteiger partial charge in [0.15, 0.2) is 5.82 Å². The van der Waals surface area contributed by atoms with Gasteiger partial charge in [-0.25, -0.2) is 9.97 Å². The Morgan fingerprint density at radius 2 is 1.53 bits per heavy atom. The number of benzene rings is 2. The largest absolute Gasteiger partial charge is 0.353 e. The van der Waals surface area contributed by atoms with Crippen LogP contribution < -0.4 is 4.90 Å². The standard InChI is InChI=1S/C27H32N4O/c32-25(16-15-21-9-4-5-10-21)30-17-8-18-31(20-19-30)27-26(22-11-2-1-3-12-22)28-23-13-6-7-14-24(23)29-27/h1-3,6-7,11-14,21H,4-5,8-10,15-20H2. The summed E-state index contributed by atoms with van der Waals surface area (Å²) in [6.45, 7) is 3.27. The Hall–Kier alpha value is -2.95. The number of rotatable bonds is 5. The first-order valence-corrected chi connectivity index (χ1v) is 12.1. The van der Waals surface area contributed by atoms with Gasteiger partial charge < -0.3 is 9.80 Å². The molecule has 1 saturated carbocycles. The van der Waals surface area contributed by atoms with Crippen LogP contribution in [0.5, 0.6) is 0 Å². The van der Waals surface area contributed by atoms with Gasteiger partial charge in [-0.15, -0.1) is 0 Å². The van der Waals surface area contributed by atoms with E-state index in [1.54, 1.807) is 0 Å². The van der Waals surface area contributed by atoms with Gasteiger partial charge in [0.1, 0.15) is 5.69 Å². The normalized spacial score (nSPS) is 17.6. The molecule has 2 aliphatic rings. The zero-order valence-corrected chi connectivity index (χ0v) is 18.7. The zero-order valence-electron chi connectivity index (χ0n) is 18.7. The predicted octanol–water partition coefficient (Wildman–Crippen LogP) is 5.31. The van der Waals surface area contributed by atoms with Gasteiger partial charge in [0.2, 0.25) is 5.91 Å². The van der Waals surface area contributed by atoms with Crippen LogP contribution in [-0.4, -0.2) is 47.0 Å². The molecule has 0 radical (unpaired) electrons. The summed E-state index contributed by atoms with van der Waals surface area (Å²) in [6.07, 6.45) is 8.02. The van der Waals surface area contributed by atoms with E-state index in [-0.39, 0.29) is 0 Å². The third-order valence-electron chi connectivity index (χ3n) is 6.99. The monoisotopic (exact) mass is 428 g/mol. The van der Waals surface area contributed by atoms with E-state index >= 15 is 0 Å². The Morgan fingerprint density at radius 1 is 0.812 bits per heavy atom. The molecule has 0 spiro atoms. The fourth-order valence-corrected chi connectivity index (χ4v) is 5.16. The number of carbonyl (C=O) groups excluding carboxylic acids is 1. The molecule has 5 nitrogen and oxygen atoms in total. The Labute approximate surface area is 190 Å². The SMILES string of the molecule is O=C(CCC1CCCC1)N1CCCN(c2nc3ccccc3nc2-c2ccccc2)CC1.